The van der Waals surface area contributed by atoms with E-state index < -0.39 is 0 Å². The molecule has 24 heavy (non-hydrogen) atoms. The summed E-state index contributed by atoms with van der Waals surface area (Å²) in [4.78, 5) is 26.4. The zero-order valence-electron chi connectivity index (χ0n) is 14.0. The van der Waals surface area contributed by atoms with Crippen LogP contribution in [0, 0.1) is 5.92 Å². The summed E-state index contributed by atoms with van der Waals surface area (Å²) in [7, 11) is 0. The van der Waals surface area contributed by atoms with Gasteiger partial charge in [-0.3, -0.25) is 9.59 Å². The van der Waals surface area contributed by atoms with Gasteiger partial charge in [-0.1, -0.05) is 24.3 Å². The highest BCUT2D eigenvalue weighted by Gasteiger charge is 2.32. The molecule has 0 bridgehead atoms. The summed E-state index contributed by atoms with van der Waals surface area (Å²) in [6.45, 7) is 4.27. The lowest BCUT2D eigenvalue weighted by Gasteiger charge is -2.35. The molecule has 2 aliphatic heterocycles. The number of carbonyl (C=O) groups is 2. The minimum absolute atomic E-state index is 0. The van der Waals surface area contributed by atoms with Crippen molar-refractivity contribution in [2.45, 2.75) is 38.8 Å². The van der Waals surface area contributed by atoms with Gasteiger partial charge in [0.1, 0.15) is 0 Å². The topological polar surface area (TPSA) is 58.6 Å². The van der Waals surface area contributed by atoms with E-state index in [0.717, 1.165) is 13.0 Å². The molecule has 2 aliphatic rings. The minimum atomic E-state index is -0.149. The van der Waals surface area contributed by atoms with E-state index >= 15 is 0 Å². The van der Waals surface area contributed by atoms with E-state index in [2.05, 4.69) is 17.4 Å². The van der Waals surface area contributed by atoms with Gasteiger partial charge in [-0.05, 0) is 37.3 Å². The van der Waals surface area contributed by atoms with Crippen molar-refractivity contribution in [3.05, 3.63) is 35.4 Å². The summed E-state index contributed by atoms with van der Waals surface area (Å²) in [5.41, 5.74) is 2.53. The van der Waals surface area contributed by atoms with E-state index in [-0.39, 0.29) is 36.2 Å². The largest absolute Gasteiger partial charge is 0.466 e. The predicted molar refractivity (Wildman–Crippen MR) is 94.0 cm³/mol. The van der Waals surface area contributed by atoms with Crippen molar-refractivity contribution in [2.75, 3.05) is 19.7 Å². The Morgan fingerprint density at radius 2 is 1.88 bits per heavy atom. The molecule has 0 aromatic heterocycles. The number of fused-ring (bicyclic) bond motifs is 1. The fraction of sp³-hybridized carbons (Fsp3) is 0.556. The smallest absolute Gasteiger partial charge is 0.309 e. The molecule has 0 radical (unpaired) electrons. The van der Waals surface area contributed by atoms with Crippen LogP contribution in [-0.2, 0) is 27.3 Å². The SMILES string of the molecule is CCOC(=O)C1CCN(C(=O)C2Cc3ccccc3CN2)CC1.Cl. The van der Waals surface area contributed by atoms with Crippen LogP contribution in [0.4, 0.5) is 0 Å². The third-order valence-corrected chi connectivity index (χ3v) is 4.81. The van der Waals surface area contributed by atoms with Gasteiger partial charge in [0.15, 0.2) is 0 Å². The van der Waals surface area contributed by atoms with Crippen LogP contribution in [0.25, 0.3) is 0 Å². The van der Waals surface area contributed by atoms with Gasteiger partial charge in [0.2, 0.25) is 5.91 Å². The summed E-state index contributed by atoms with van der Waals surface area (Å²) in [6.07, 6.45) is 2.15. The summed E-state index contributed by atoms with van der Waals surface area (Å²) in [6, 6.07) is 8.11. The second kappa shape index (κ2) is 8.49. The number of esters is 1. The highest BCUT2D eigenvalue weighted by atomic mass is 35.5. The van der Waals surface area contributed by atoms with Crippen molar-refractivity contribution in [2.24, 2.45) is 5.92 Å². The second-order valence-electron chi connectivity index (χ2n) is 6.26. The quantitative estimate of drug-likeness (QED) is 0.844. The number of amides is 1. The highest BCUT2D eigenvalue weighted by molar-refractivity contribution is 5.85. The van der Waals surface area contributed by atoms with Gasteiger partial charge in [-0.15, -0.1) is 12.4 Å². The molecule has 0 spiro atoms. The molecule has 1 saturated heterocycles. The molecule has 3 rings (SSSR count). The highest BCUT2D eigenvalue weighted by Crippen LogP contribution is 2.22. The lowest BCUT2D eigenvalue weighted by Crippen LogP contribution is -2.51. The number of hydrogen-bond acceptors (Lipinski definition) is 4. The van der Waals surface area contributed by atoms with E-state index in [0.29, 0.717) is 32.5 Å². The summed E-state index contributed by atoms with van der Waals surface area (Å²) in [5.74, 6) is -0.0230. The van der Waals surface area contributed by atoms with Crippen LogP contribution in [0.15, 0.2) is 24.3 Å². The molecule has 1 N–H and O–H groups in total. The summed E-state index contributed by atoms with van der Waals surface area (Å²) in [5, 5.41) is 3.34. The molecule has 0 saturated carbocycles. The molecule has 132 valence electrons. The maximum Gasteiger partial charge on any atom is 0.309 e. The molecule has 1 amide bonds. The normalized spacial score (nSPS) is 20.7. The maximum atomic E-state index is 12.7. The van der Waals surface area contributed by atoms with Crippen LogP contribution < -0.4 is 5.32 Å². The fourth-order valence-electron chi connectivity index (χ4n) is 3.45. The van der Waals surface area contributed by atoms with Crippen LogP contribution in [0.5, 0.6) is 0 Å². The van der Waals surface area contributed by atoms with Gasteiger partial charge >= 0.3 is 5.97 Å². The number of carbonyl (C=O) groups excluding carboxylic acids is 2. The van der Waals surface area contributed by atoms with Gasteiger partial charge in [0, 0.05) is 19.6 Å². The molecule has 1 atom stereocenters. The second-order valence-corrected chi connectivity index (χ2v) is 6.26. The van der Waals surface area contributed by atoms with E-state index in [9.17, 15) is 9.59 Å². The first kappa shape index (κ1) is 18.7. The first-order valence-corrected chi connectivity index (χ1v) is 8.44. The number of likely N-dealkylation sites (tertiary alicyclic amines) is 1. The maximum absolute atomic E-state index is 12.7. The van der Waals surface area contributed by atoms with Gasteiger partial charge in [0.25, 0.3) is 0 Å². The van der Waals surface area contributed by atoms with E-state index in [1.807, 2.05) is 24.0 Å². The van der Waals surface area contributed by atoms with Gasteiger partial charge in [0.05, 0.1) is 18.6 Å². The van der Waals surface area contributed by atoms with Crippen molar-refractivity contribution in [1.82, 2.24) is 10.2 Å². The average Bonchev–Trinajstić information content (AvgIpc) is 2.61. The lowest BCUT2D eigenvalue weighted by molar-refractivity contribution is -0.151. The van der Waals surface area contributed by atoms with Crippen molar-refractivity contribution in [3.8, 4) is 0 Å². The van der Waals surface area contributed by atoms with E-state index in [1.54, 1.807) is 0 Å². The Hall–Kier alpha value is -1.59. The number of piperidine rings is 1. The fourth-order valence-corrected chi connectivity index (χ4v) is 3.45. The number of hydrogen-bond donors (Lipinski definition) is 1. The average molecular weight is 353 g/mol. The van der Waals surface area contributed by atoms with Crippen LogP contribution in [-0.4, -0.2) is 42.5 Å². The lowest BCUT2D eigenvalue weighted by atomic mass is 9.93. The number of benzene rings is 1. The van der Waals surface area contributed by atoms with Crippen LogP contribution in [0.2, 0.25) is 0 Å². The van der Waals surface area contributed by atoms with Crippen molar-refractivity contribution in [3.63, 3.8) is 0 Å². The van der Waals surface area contributed by atoms with Gasteiger partial charge < -0.3 is 15.0 Å². The molecule has 1 unspecified atom stereocenters. The molecular formula is C18H25ClN2O3. The Kier molecular flexibility index (Phi) is 6.63. The number of nitrogens with one attached hydrogen (secondary N) is 1. The Morgan fingerprint density at radius 3 is 2.54 bits per heavy atom. The first-order valence-electron chi connectivity index (χ1n) is 8.44. The molecule has 1 aromatic carbocycles. The number of rotatable bonds is 3. The summed E-state index contributed by atoms with van der Waals surface area (Å²) >= 11 is 0. The third kappa shape index (κ3) is 4.08. The zero-order valence-corrected chi connectivity index (χ0v) is 14.8. The standard InChI is InChI=1S/C18H24N2O3.ClH/c1-2-23-18(22)13-7-9-20(10-8-13)17(21)16-11-14-5-3-4-6-15(14)12-19-16;/h3-6,13,16,19H,2,7-12H2,1H3;1H. The number of halogens is 1. The Bertz CT molecular complexity index is 585. The molecular weight excluding hydrogens is 328 g/mol. The molecule has 0 aliphatic carbocycles. The Morgan fingerprint density at radius 1 is 1.21 bits per heavy atom. The Labute approximate surface area is 149 Å². The van der Waals surface area contributed by atoms with Crippen molar-refractivity contribution >= 4 is 24.3 Å². The predicted octanol–water partition coefficient (Wildman–Crippen LogP) is 1.92. The van der Waals surface area contributed by atoms with Crippen LogP contribution >= 0.6 is 12.4 Å². The molecule has 1 fully saturated rings. The van der Waals surface area contributed by atoms with Gasteiger partial charge in [-0.2, -0.15) is 0 Å². The summed E-state index contributed by atoms with van der Waals surface area (Å²) < 4.78 is 5.08. The van der Waals surface area contributed by atoms with Crippen molar-refractivity contribution in [1.29, 1.82) is 0 Å². The number of ether oxygens (including phenoxy) is 1. The molecule has 6 heteroatoms. The minimum Gasteiger partial charge on any atom is -0.466 e. The Balaban J connectivity index is 0.00000208. The number of nitrogens with zero attached hydrogens (tertiary/aromatic N) is 1. The van der Waals surface area contributed by atoms with E-state index in [4.69, 9.17) is 4.74 Å². The zero-order chi connectivity index (χ0) is 16.2. The molecule has 5 nitrogen and oxygen atoms in total. The molecule has 2 heterocycles. The van der Waals surface area contributed by atoms with Crippen LogP contribution in [0.1, 0.15) is 30.9 Å². The monoisotopic (exact) mass is 352 g/mol. The van der Waals surface area contributed by atoms with E-state index in [1.165, 1.54) is 11.1 Å². The molecule has 1 aromatic rings. The van der Waals surface area contributed by atoms with Crippen LogP contribution in [0.3, 0.4) is 0 Å². The first-order chi connectivity index (χ1) is 11.2. The van der Waals surface area contributed by atoms with Gasteiger partial charge in [-0.25, -0.2) is 0 Å². The van der Waals surface area contributed by atoms with Crippen molar-refractivity contribution < 1.29 is 14.3 Å². The third-order valence-electron chi connectivity index (χ3n) is 4.81.